The van der Waals surface area contributed by atoms with E-state index >= 15 is 0 Å². The van der Waals surface area contributed by atoms with E-state index in [-0.39, 0.29) is 12.2 Å². The van der Waals surface area contributed by atoms with Crippen molar-refractivity contribution in [1.29, 1.82) is 0 Å². The van der Waals surface area contributed by atoms with E-state index in [1.54, 1.807) is 15.9 Å². The van der Waals surface area contributed by atoms with Gasteiger partial charge in [0, 0.05) is 10.6 Å². The van der Waals surface area contributed by atoms with Crippen LogP contribution in [0.3, 0.4) is 0 Å². The lowest BCUT2D eigenvalue weighted by Crippen LogP contribution is -2.23. The lowest BCUT2D eigenvalue weighted by atomic mass is 10.1. The van der Waals surface area contributed by atoms with Crippen LogP contribution in [0.2, 0.25) is 0 Å². The molecule has 1 N–H and O–H groups in total. The zero-order chi connectivity index (χ0) is 19.6. The van der Waals surface area contributed by atoms with E-state index in [1.165, 1.54) is 11.8 Å². The topological polar surface area (TPSA) is 64.3 Å². The molecule has 0 aliphatic rings. The number of aromatic nitrogens is 2. The molecule has 27 heavy (non-hydrogen) atoms. The van der Waals surface area contributed by atoms with Crippen molar-refractivity contribution in [2.24, 2.45) is 0 Å². The second-order valence-electron chi connectivity index (χ2n) is 6.40. The van der Waals surface area contributed by atoms with E-state index in [9.17, 15) is 4.79 Å². The third-order valence-electron chi connectivity index (χ3n) is 4.68. The zero-order valence-electron chi connectivity index (χ0n) is 16.0. The summed E-state index contributed by atoms with van der Waals surface area (Å²) in [6.07, 6.45) is 0. The summed E-state index contributed by atoms with van der Waals surface area (Å²) in [6.45, 7) is 8.92. The highest BCUT2D eigenvalue weighted by molar-refractivity contribution is 7.99. The van der Waals surface area contributed by atoms with Gasteiger partial charge in [-0.3, -0.25) is 9.36 Å². The Hall–Kier alpha value is -1.67. The monoisotopic (exact) mass is 404 g/mol. The first-order chi connectivity index (χ1) is 13.0. The number of thioether (sulfide) groups is 1. The predicted molar refractivity (Wildman–Crippen MR) is 113 cm³/mol. The maximum atomic E-state index is 13.4. The molecular formula is C20H24N2O3S2. The predicted octanol–water partition coefficient (Wildman–Crippen LogP) is 3.78. The molecule has 0 aliphatic heterocycles. The number of hydrogen-bond donors (Lipinski definition) is 1. The normalized spacial score (nSPS) is 11.4. The molecule has 0 radical (unpaired) electrons. The van der Waals surface area contributed by atoms with E-state index in [1.807, 2.05) is 45.9 Å². The molecule has 0 saturated heterocycles. The highest BCUT2D eigenvalue weighted by atomic mass is 32.2. The average molecular weight is 405 g/mol. The molecule has 0 atom stereocenters. The van der Waals surface area contributed by atoms with Crippen molar-refractivity contribution in [3.8, 4) is 5.69 Å². The van der Waals surface area contributed by atoms with Gasteiger partial charge in [-0.1, -0.05) is 23.9 Å². The van der Waals surface area contributed by atoms with Crippen LogP contribution >= 0.6 is 23.1 Å². The molecule has 0 unspecified atom stereocenters. The van der Waals surface area contributed by atoms with Crippen molar-refractivity contribution in [1.82, 2.24) is 9.55 Å². The number of fused-ring (bicyclic) bond motifs is 1. The molecule has 144 valence electrons. The van der Waals surface area contributed by atoms with Crippen LogP contribution in [0.15, 0.2) is 28.2 Å². The molecule has 0 amide bonds. The lowest BCUT2D eigenvalue weighted by molar-refractivity contribution is 0.103. The van der Waals surface area contributed by atoms with Crippen molar-refractivity contribution in [3.05, 3.63) is 50.1 Å². The van der Waals surface area contributed by atoms with Crippen LogP contribution in [0.25, 0.3) is 15.9 Å². The van der Waals surface area contributed by atoms with Crippen LogP contribution in [0, 0.1) is 27.7 Å². The van der Waals surface area contributed by atoms with Crippen molar-refractivity contribution in [2.45, 2.75) is 32.9 Å². The number of aliphatic hydroxyl groups excluding tert-OH is 1. The number of nitrogens with zero attached hydrogens (tertiary/aromatic N) is 2. The van der Waals surface area contributed by atoms with Gasteiger partial charge >= 0.3 is 0 Å². The van der Waals surface area contributed by atoms with E-state index in [2.05, 4.69) is 0 Å². The summed E-state index contributed by atoms with van der Waals surface area (Å²) < 4.78 is 7.09. The third kappa shape index (κ3) is 3.96. The van der Waals surface area contributed by atoms with Crippen LogP contribution in [0.4, 0.5) is 0 Å². The smallest absolute Gasteiger partial charge is 0.267 e. The number of benzene rings is 1. The van der Waals surface area contributed by atoms with Gasteiger partial charge in [-0.15, -0.1) is 11.3 Å². The molecule has 2 aromatic heterocycles. The van der Waals surface area contributed by atoms with Crippen molar-refractivity contribution in [2.75, 3.05) is 25.6 Å². The van der Waals surface area contributed by atoms with Gasteiger partial charge < -0.3 is 9.84 Å². The van der Waals surface area contributed by atoms with Gasteiger partial charge in [0.15, 0.2) is 5.16 Å². The number of rotatable bonds is 7. The molecule has 0 saturated carbocycles. The minimum atomic E-state index is -0.0191. The highest BCUT2D eigenvalue weighted by Gasteiger charge is 2.19. The Morgan fingerprint density at radius 2 is 1.96 bits per heavy atom. The number of thiophene rings is 1. The fourth-order valence-electron chi connectivity index (χ4n) is 2.92. The summed E-state index contributed by atoms with van der Waals surface area (Å²) in [5, 5.41) is 10.2. The number of aliphatic hydroxyl groups is 1. The number of ether oxygens (including phenoxy) is 1. The Bertz CT molecular complexity index is 1020. The highest BCUT2D eigenvalue weighted by Crippen LogP contribution is 2.30. The van der Waals surface area contributed by atoms with Crippen LogP contribution < -0.4 is 5.56 Å². The van der Waals surface area contributed by atoms with Gasteiger partial charge in [-0.05, 0) is 50.5 Å². The van der Waals surface area contributed by atoms with Crippen molar-refractivity contribution >= 4 is 33.3 Å². The second kappa shape index (κ2) is 8.56. The summed E-state index contributed by atoms with van der Waals surface area (Å²) in [5.41, 5.74) is 4.07. The quantitative estimate of drug-likeness (QED) is 0.369. The lowest BCUT2D eigenvalue weighted by Gasteiger charge is -2.15. The molecule has 3 rings (SSSR count). The molecule has 0 aliphatic carbocycles. The van der Waals surface area contributed by atoms with E-state index in [0.29, 0.717) is 29.5 Å². The summed E-state index contributed by atoms with van der Waals surface area (Å²) in [6, 6.07) is 5.99. The van der Waals surface area contributed by atoms with Crippen LogP contribution in [-0.4, -0.2) is 40.2 Å². The first-order valence-electron chi connectivity index (χ1n) is 8.86. The molecule has 3 aromatic rings. The Balaban J connectivity index is 2.14. The van der Waals surface area contributed by atoms with Crippen LogP contribution in [0.1, 0.15) is 21.6 Å². The van der Waals surface area contributed by atoms with Crippen molar-refractivity contribution in [3.63, 3.8) is 0 Å². The van der Waals surface area contributed by atoms with Crippen molar-refractivity contribution < 1.29 is 9.84 Å². The van der Waals surface area contributed by atoms with E-state index in [4.69, 9.17) is 14.8 Å². The van der Waals surface area contributed by atoms with E-state index < -0.39 is 0 Å². The summed E-state index contributed by atoms with van der Waals surface area (Å²) in [5.74, 6) is 0.659. The van der Waals surface area contributed by atoms with Gasteiger partial charge in [0.1, 0.15) is 4.83 Å². The summed E-state index contributed by atoms with van der Waals surface area (Å²) >= 11 is 3.07. The minimum Gasteiger partial charge on any atom is -0.394 e. The fourth-order valence-corrected chi connectivity index (χ4v) is 4.85. The molecule has 5 nitrogen and oxygen atoms in total. The Morgan fingerprint density at radius 3 is 2.70 bits per heavy atom. The minimum absolute atomic E-state index is 0.00974. The molecule has 0 fully saturated rings. The average Bonchev–Trinajstić information content (AvgIpc) is 2.92. The molecule has 0 spiro atoms. The zero-order valence-corrected chi connectivity index (χ0v) is 17.7. The first-order valence-corrected chi connectivity index (χ1v) is 10.7. The summed E-state index contributed by atoms with van der Waals surface area (Å²) in [7, 11) is 0. The van der Waals surface area contributed by atoms with Crippen LogP contribution in [-0.2, 0) is 4.74 Å². The third-order valence-corrected chi connectivity index (χ3v) is 6.69. The largest absolute Gasteiger partial charge is 0.394 e. The second-order valence-corrected chi connectivity index (χ2v) is 8.67. The SMILES string of the molecule is Cc1cccc(-n2c(SCCOCCO)nc3sc(C)c(C)c3c2=O)c1C. The molecule has 1 aromatic carbocycles. The Labute approximate surface area is 167 Å². The standard InChI is InChI=1S/C20H24N2O3S2/c1-12-6-5-7-16(13(12)2)22-19(24)17-14(3)15(4)27-18(17)21-20(22)26-11-10-25-9-8-23/h5-7,23H,8-11H2,1-4H3. The van der Waals surface area contributed by atoms with Gasteiger partial charge in [0.25, 0.3) is 5.56 Å². The Morgan fingerprint density at radius 1 is 1.19 bits per heavy atom. The van der Waals surface area contributed by atoms with Gasteiger partial charge in [-0.2, -0.15) is 0 Å². The maximum Gasteiger partial charge on any atom is 0.267 e. The first kappa shape index (κ1) is 20.1. The fraction of sp³-hybridized carbons (Fsp3) is 0.400. The van der Waals surface area contributed by atoms with Gasteiger partial charge in [-0.25, -0.2) is 4.98 Å². The maximum absolute atomic E-state index is 13.4. The van der Waals surface area contributed by atoms with Gasteiger partial charge in [0.05, 0.1) is 30.9 Å². The van der Waals surface area contributed by atoms with Crippen LogP contribution in [0.5, 0.6) is 0 Å². The molecule has 7 heteroatoms. The summed E-state index contributed by atoms with van der Waals surface area (Å²) in [4.78, 5) is 20.2. The number of aryl methyl sites for hydroxylation is 3. The molecular weight excluding hydrogens is 380 g/mol. The molecule has 2 heterocycles. The van der Waals surface area contributed by atoms with Gasteiger partial charge in [0.2, 0.25) is 0 Å². The Kier molecular flexibility index (Phi) is 6.37. The molecule has 0 bridgehead atoms. The van der Waals surface area contributed by atoms with E-state index in [0.717, 1.165) is 32.1 Å². The number of hydrogen-bond acceptors (Lipinski definition) is 6.